The zero-order valence-electron chi connectivity index (χ0n) is 8.38. The number of fused-ring (bicyclic) bond motifs is 1. The van der Waals surface area contributed by atoms with Crippen molar-refractivity contribution in [3.8, 4) is 0 Å². The molecule has 0 bridgehead atoms. The molecular formula is C10H11NO4S. The van der Waals surface area contributed by atoms with Crippen molar-refractivity contribution in [2.75, 3.05) is 5.75 Å². The highest BCUT2D eigenvalue weighted by Crippen LogP contribution is 2.31. The van der Waals surface area contributed by atoms with Crippen LogP contribution in [0.2, 0.25) is 0 Å². The fourth-order valence-electron chi connectivity index (χ4n) is 1.91. The van der Waals surface area contributed by atoms with Gasteiger partial charge in [-0.1, -0.05) is 12.1 Å². The van der Waals surface area contributed by atoms with E-state index in [-0.39, 0.29) is 10.6 Å². The van der Waals surface area contributed by atoms with Crippen LogP contribution in [0.5, 0.6) is 0 Å². The number of hydrogen-bond donors (Lipinski definition) is 2. The Morgan fingerprint density at radius 1 is 1.44 bits per heavy atom. The quantitative estimate of drug-likeness (QED) is 0.765. The average Bonchev–Trinajstić information content (AvgIpc) is 2.54. The van der Waals surface area contributed by atoms with E-state index in [1.165, 1.54) is 12.1 Å². The lowest BCUT2D eigenvalue weighted by Crippen LogP contribution is -2.22. The van der Waals surface area contributed by atoms with E-state index in [1.54, 1.807) is 6.07 Å². The van der Waals surface area contributed by atoms with Crippen LogP contribution in [0, 0.1) is 0 Å². The molecule has 3 N–H and O–H groups in total. The van der Waals surface area contributed by atoms with Crippen LogP contribution in [-0.4, -0.2) is 25.2 Å². The molecule has 0 amide bonds. The number of nitrogens with two attached hydrogens (primary N) is 1. The van der Waals surface area contributed by atoms with Gasteiger partial charge in [0.15, 0.2) is 9.84 Å². The fraction of sp³-hybridized carbons (Fsp3) is 0.300. The normalized spacial score (nSPS) is 19.1. The second-order valence-corrected chi connectivity index (χ2v) is 5.79. The first-order chi connectivity index (χ1) is 7.43. The third kappa shape index (κ3) is 1.60. The number of aliphatic carboxylic acids is 1. The molecule has 1 aliphatic rings. The second-order valence-electron chi connectivity index (χ2n) is 3.71. The van der Waals surface area contributed by atoms with Gasteiger partial charge in [0, 0.05) is 0 Å². The number of carboxylic acid groups (broad SMARTS) is 1. The summed E-state index contributed by atoms with van der Waals surface area (Å²) in [7, 11) is -3.24. The molecule has 86 valence electrons. The number of hydrogen-bond acceptors (Lipinski definition) is 4. The molecule has 5 nitrogen and oxygen atoms in total. The Bertz CT molecular complexity index is 550. The molecule has 1 atom stereocenters. The molecule has 2 rings (SSSR count). The number of carbonyl (C=O) groups is 1. The van der Waals surface area contributed by atoms with E-state index in [0.717, 1.165) is 0 Å². The Balaban J connectivity index is 2.60. The van der Waals surface area contributed by atoms with Crippen LogP contribution < -0.4 is 5.73 Å². The molecule has 1 aliphatic heterocycles. The monoisotopic (exact) mass is 241 g/mol. The van der Waals surface area contributed by atoms with Gasteiger partial charge in [-0.3, -0.25) is 4.79 Å². The van der Waals surface area contributed by atoms with Crippen LogP contribution in [0.3, 0.4) is 0 Å². The van der Waals surface area contributed by atoms with Crippen molar-refractivity contribution >= 4 is 15.8 Å². The summed E-state index contributed by atoms with van der Waals surface area (Å²) in [5, 5.41) is 8.82. The van der Waals surface area contributed by atoms with Gasteiger partial charge in [0.2, 0.25) is 0 Å². The summed E-state index contributed by atoms with van der Waals surface area (Å²) < 4.78 is 23.2. The highest BCUT2D eigenvalue weighted by molar-refractivity contribution is 7.91. The number of carboxylic acids is 1. The minimum absolute atomic E-state index is 0.0334. The Labute approximate surface area is 92.8 Å². The minimum atomic E-state index is -3.24. The Morgan fingerprint density at radius 3 is 2.75 bits per heavy atom. The van der Waals surface area contributed by atoms with Gasteiger partial charge in [-0.2, -0.15) is 0 Å². The number of benzene rings is 1. The third-order valence-electron chi connectivity index (χ3n) is 2.73. The predicted molar refractivity (Wildman–Crippen MR) is 56.8 cm³/mol. The maximum Gasteiger partial charge on any atom is 0.325 e. The molecule has 0 aromatic heterocycles. The van der Waals surface area contributed by atoms with Gasteiger partial charge < -0.3 is 10.8 Å². The number of rotatable bonds is 2. The molecule has 1 aromatic rings. The SMILES string of the molecule is NC(C(=O)O)c1cccc2c1CCS2(=O)=O. The van der Waals surface area contributed by atoms with Crippen molar-refractivity contribution in [2.45, 2.75) is 17.4 Å². The maximum absolute atomic E-state index is 11.6. The molecule has 1 heterocycles. The first kappa shape index (κ1) is 11.1. The van der Waals surface area contributed by atoms with Gasteiger partial charge >= 0.3 is 5.97 Å². The summed E-state index contributed by atoms with van der Waals surface area (Å²) in [5.74, 6) is -1.12. The van der Waals surface area contributed by atoms with Crippen LogP contribution in [0.1, 0.15) is 17.2 Å². The first-order valence-corrected chi connectivity index (χ1v) is 6.41. The third-order valence-corrected chi connectivity index (χ3v) is 4.52. The molecule has 0 fully saturated rings. The van der Waals surface area contributed by atoms with E-state index in [9.17, 15) is 13.2 Å². The highest BCUT2D eigenvalue weighted by atomic mass is 32.2. The molecule has 16 heavy (non-hydrogen) atoms. The van der Waals surface area contributed by atoms with E-state index in [0.29, 0.717) is 17.5 Å². The molecule has 6 heteroatoms. The summed E-state index contributed by atoms with van der Waals surface area (Å²) in [4.78, 5) is 11.0. The van der Waals surface area contributed by atoms with Crippen molar-refractivity contribution < 1.29 is 18.3 Å². The largest absolute Gasteiger partial charge is 0.480 e. The van der Waals surface area contributed by atoms with E-state index in [1.807, 2.05) is 0 Å². The predicted octanol–water partition coefficient (Wildman–Crippen LogP) is 0.101. The lowest BCUT2D eigenvalue weighted by Gasteiger charge is -2.11. The zero-order chi connectivity index (χ0) is 11.9. The summed E-state index contributed by atoms with van der Waals surface area (Å²) in [6.45, 7) is 0. The smallest absolute Gasteiger partial charge is 0.325 e. The minimum Gasteiger partial charge on any atom is -0.480 e. The van der Waals surface area contributed by atoms with Gasteiger partial charge in [-0.25, -0.2) is 8.42 Å². The van der Waals surface area contributed by atoms with E-state index < -0.39 is 21.8 Å². The molecule has 0 saturated carbocycles. The topological polar surface area (TPSA) is 97.5 Å². The standard InChI is InChI=1S/C10H11NO4S/c11-9(10(12)13)7-2-1-3-8-6(7)4-5-16(8,14)15/h1-3,9H,4-5,11H2,(H,12,13). The lowest BCUT2D eigenvalue weighted by molar-refractivity contribution is -0.138. The lowest BCUT2D eigenvalue weighted by atomic mass is 9.99. The van der Waals surface area contributed by atoms with Gasteiger partial charge in [0.25, 0.3) is 0 Å². The fourth-order valence-corrected chi connectivity index (χ4v) is 3.49. The summed E-state index contributed by atoms with van der Waals surface area (Å²) in [5.41, 5.74) is 6.45. The zero-order valence-corrected chi connectivity index (χ0v) is 9.20. The average molecular weight is 241 g/mol. The van der Waals surface area contributed by atoms with Gasteiger partial charge in [0.1, 0.15) is 6.04 Å². The molecule has 1 aromatic carbocycles. The van der Waals surface area contributed by atoms with Gasteiger partial charge in [-0.15, -0.1) is 0 Å². The van der Waals surface area contributed by atoms with Crippen LogP contribution >= 0.6 is 0 Å². The van der Waals surface area contributed by atoms with Crippen LogP contribution in [0.15, 0.2) is 23.1 Å². The van der Waals surface area contributed by atoms with Crippen LogP contribution in [0.4, 0.5) is 0 Å². The molecule has 1 unspecified atom stereocenters. The molecule has 0 aliphatic carbocycles. The van der Waals surface area contributed by atoms with Gasteiger partial charge in [-0.05, 0) is 23.6 Å². The van der Waals surface area contributed by atoms with E-state index in [2.05, 4.69) is 0 Å². The summed E-state index contributed by atoms with van der Waals surface area (Å²) in [6.07, 6.45) is 0.342. The molecule has 0 saturated heterocycles. The van der Waals surface area contributed by atoms with Crippen molar-refractivity contribution in [1.29, 1.82) is 0 Å². The first-order valence-electron chi connectivity index (χ1n) is 4.76. The van der Waals surface area contributed by atoms with Crippen LogP contribution in [0.25, 0.3) is 0 Å². The second kappa shape index (κ2) is 3.57. The van der Waals surface area contributed by atoms with Crippen molar-refractivity contribution in [3.05, 3.63) is 29.3 Å². The summed E-state index contributed by atoms with van der Waals surface area (Å²) in [6, 6.07) is 3.43. The van der Waals surface area contributed by atoms with Crippen molar-refractivity contribution in [3.63, 3.8) is 0 Å². The molecule has 0 radical (unpaired) electrons. The van der Waals surface area contributed by atoms with Crippen LogP contribution in [-0.2, 0) is 21.1 Å². The number of sulfone groups is 1. The Morgan fingerprint density at radius 2 is 2.12 bits per heavy atom. The summed E-state index contributed by atoms with van der Waals surface area (Å²) >= 11 is 0. The van der Waals surface area contributed by atoms with Crippen molar-refractivity contribution in [2.24, 2.45) is 5.73 Å². The molecular weight excluding hydrogens is 230 g/mol. The van der Waals surface area contributed by atoms with E-state index >= 15 is 0 Å². The van der Waals surface area contributed by atoms with Gasteiger partial charge in [0.05, 0.1) is 10.6 Å². The maximum atomic E-state index is 11.6. The van der Waals surface area contributed by atoms with E-state index in [4.69, 9.17) is 10.8 Å². The Hall–Kier alpha value is -1.40. The highest BCUT2D eigenvalue weighted by Gasteiger charge is 2.30. The Kier molecular flexibility index (Phi) is 2.47. The van der Waals surface area contributed by atoms with Crippen molar-refractivity contribution in [1.82, 2.24) is 0 Å². The molecule has 0 spiro atoms.